The molecule has 0 bridgehead atoms. The van der Waals surface area contributed by atoms with E-state index < -0.39 is 0 Å². The van der Waals surface area contributed by atoms with Crippen molar-refractivity contribution >= 4 is 50.8 Å². The van der Waals surface area contributed by atoms with Crippen molar-refractivity contribution in [1.82, 2.24) is 9.97 Å². The molecule has 0 fully saturated rings. The van der Waals surface area contributed by atoms with Gasteiger partial charge >= 0.3 is 0 Å². The summed E-state index contributed by atoms with van der Waals surface area (Å²) in [4.78, 5) is 9.74. The minimum atomic E-state index is 0.289. The Labute approximate surface area is 137 Å². The van der Waals surface area contributed by atoms with E-state index in [9.17, 15) is 0 Å². The van der Waals surface area contributed by atoms with Gasteiger partial charge in [-0.25, -0.2) is 9.97 Å². The van der Waals surface area contributed by atoms with Gasteiger partial charge in [0, 0.05) is 35.5 Å². The van der Waals surface area contributed by atoms with Crippen molar-refractivity contribution in [3.05, 3.63) is 40.6 Å². The van der Waals surface area contributed by atoms with Crippen LogP contribution in [0.3, 0.4) is 0 Å². The zero-order valence-electron chi connectivity index (χ0n) is 11.9. The number of hydrogen-bond donors (Lipinski definition) is 0. The van der Waals surface area contributed by atoms with Gasteiger partial charge in [0.15, 0.2) is 0 Å². The Hall–Kier alpha value is -1.30. The molecule has 0 unspecified atom stereocenters. The average Bonchev–Trinajstić information content (AvgIpc) is 2.81. The maximum absolute atomic E-state index is 5.98. The second-order valence-corrected chi connectivity index (χ2v) is 7.09. The molecule has 0 amide bonds. The van der Waals surface area contributed by atoms with Crippen LogP contribution in [-0.2, 0) is 0 Å². The summed E-state index contributed by atoms with van der Waals surface area (Å²) in [5.41, 5.74) is 4.42. The summed E-state index contributed by atoms with van der Waals surface area (Å²) in [5.74, 6) is 0. The van der Waals surface area contributed by atoms with Crippen molar-refractivity contribution in [1.29, 1.82) is 0 Å². The van der Waals surface area contributed by atoms with Crippen LogP contribution < -0.4 is 4.31 Å². The van der Waals surface area contributed by atoms with Crippen molar-refractivity contribution in [2.45, 2.75) is 6.92 Å². The lowest BCUT2D eigenvalue weighted by Gasteiger charge is -2.19. The first kappa shape index (κ1) is 14.6. The van der Waals surface area contributed by atoms with Crippen molar-refractivity contribution in [2.75, 3.05) is 17.6 Å². The molecule has 0 aliphatic heterocycles. The van der Waals surface area contributed by atoms with Gasteiger partial charge in [0.1, 0.15) is 0 Å². The zero-order valence-corrected chi connectivity index (χ0v) is 14.3. The number of thiophene rings is 1. The highest BCUT2D eigenvalue weighted by molar-refractivity contribution is 7.99. The van der Waals surface area contributed by atoms with Gasteiger partial charge in [0.2, 0.25) is 5.28 Å². The molecule has 0 saturated heterocycles. The first-order valence-electron chi connectivity index (χ1n) is 6.40. The van der Waals surface area contributed by atoms with Crippen LogP contribution in [0, 0.1) is 6.92 Å². The van der Waals surface area contributed by atoms with Gasteiger partial charge in [-0.3, -0.25) is 0 Å². The maximum atomic E-state index is 5.98. The van der Waals surface area contributed by atoms with Gasteiger partial charge in [0.25, 0.3) is 0 Å². The lowest BCUT2D eigenvalue weighted by molar-refractivity contribution is 1.23. The first-order valence-corrected chi connectivity index (χ1v) is 8.78. The van der Waals surface area contributed by atoms with Crippen molar-refractivity contribution in [3.8, 4) is 11.1 Å². The minimum Gasteiger partial charge on any atom is -0.319 e. The first-order chi connectivity index (χ1) is 10.1. The monoisotopic (exact) mass is 335 g/mol. The number of nitrogens with zero attached hydrogens (tertiary/aromatic N) is 3. The van der Waals surface area contributed by atoms with Crippen LogP contribution in [0.1, 0.15) is 4.88 Å². The predicted octanol–water partition coefficient (Wildman–Crippen LogP) is 5.03. The molecule has 2 aromatic heterocycles. The average molecular weight is 336 g/mol. The number of aryl methyl sites for hydroxylation is 1. The second kappa shape index (κ2) is 5.83. The fourth-order valence-corrected chi connectivity index (χ4v) is 3.84. The molecule has 0 N–H and O–H groups in total. The van der Waals surface area contributed by atoms with E-state index in [1.807, 2.05) is 0 Å². The smallest absolute Gasteiger partial charge is 0.222 e. The molecule has 3 rings (SSSR count). The zero-order chi connectivity index (χ0) is 15.0. The summed E-state index contributed by atoms with van der Waals surface area (Å²) in [6, 6.07) is 8.36. The molecule has 3 aromatic rings. The lowest BCUT2D eigenvalue weighted by Crippen LogP contribution is -2.06. The number of benzene rings is 1. The van der Waals surface area contributed by atoms with Gasteiger partial charge in [0.05, 0.1) is 15.9 Å². The normalized spacial score (nSPS) is 11.0. The van der Waals surface area contributed by atoms with E-state index in [0.29, 0.717) is 0 Å². The Bertz CT molecular complexity index is 801. The maximum Gasteiger partial charge on any atom is 0.222 e. The largest absolute Gasteiger partial charge is 0.319 e. The Morgan fingerprint density at radius 3 is 2.81 bits per heavy atom. The molecule has 0 aliphatic carbocycles. The van der Waals surface area contributed by atoms with E-state index in [4.69, 9.17) is 11.6 Å². The second-order valence-electron chi connectivity index (χ2n) is 4.58. The van der Waals surface area contributed by atoms with Crippen molar-refractivity contribution < 1.29 is 0 Å². The lowest BCUT2D eigenvalue weighted by atomic mass is 10.0. The quantitative estimate of drug-likeness (QED) is 0.495. The topological polar surface area (TPSA) is 29.0 Å². The fourth-order valence-electron chi connectivity index (χ4n) is 2.36. The summed E-state index contributed by atoms with van der Waals surface area (Å²) < 4.78 is 3.22. The highest BCUT2D eigenvalue weighted by Crippen LogP contribution is 2.41. The van der Waals surface area contributed by atoms with Crippen LogP contribution in [-0.4, -0.2) is 23.3 Å². The van der Waals surface area contributed by atoms with E-state index in [2.05, 4.69) is 58.8 Å². The van der Waals surface area contributed by atoms with E-state index in [1.165, 1.54) is 16.1 Å². The molecule has 1 aromatic carbocycles. The molecular weight excluding hydrogens is 322 g/mol. The highest BCUT2D eigenvalue weighted by Gasteiger charge is 2.17. The number of para-hydroxylation sites is 1. The predicted molar refractivity (Wildman–Crippen MR) is 94.5 cm³/mol. The number of rotatable bonds is 3. The van der Waals surface area contributed by atoms with Crippen LogP contribution >= 0.6 is 34.9 Å². The number of halogens is 1. The summed E-state index contributed by atoms with van der Waals surface area (Å²) >= 11 is 9.37. The number of anilines is 1. The summed E-state index contributed by atoms with van der Waals surface area (Å²) in [6.45, 7) is 2.12. The Kier molecular flexibility index (Phi) is 4.06. The van der Waals surface area contributed by atoms with Gasteiger partial charge in [-0.05, 0) is 24.6 Å². The molecule has 6 heteroatoms. The molecule has 0 spiro atoms. The highest BCUT2D eigenvalue weighted by atomic mass is 35.5. The molecule has 2 heterocycles. The van der Waals surface area contributed by atoms with Crippen LogP contribution in [0.25, 0.3) is 21.3 Å². The van der Waals surface area contributed by atoms with Crippen molar-refractivity contribution in [3.63, 3.8) is 0 Å². The molecule has 108 valence electrons. The molecule has 3 nitrogen and oxygen atoms in total. The van der Waals surface area contributed by atoms with Gasteiger partial charge in [-0.1, -0.05) is 30.1 Å². The van der Waals surface area contributed by atoms with Crippen LogP contribution in [0.4, 0.5) is 5.69 Å². The van der Waals surface area contributed by atoms with Gasteiger partial charge in [-0.2, -0.15) is 0 Å². The van der Waals surface area contributed by atoms with E-state index in [-0.39, 0.29) is 5.28 Å². The van der Waals surface area contributed by atoms with Crippen LogP contribution in [0.5, 0.6) is 0 Å². The third-order valence-corrected chi connectivity index (χ3v) is 5.32. The summed E-state index contributed by atoms with van der Waals surface area (Å²) in [6.07, 6.45) is 3.86. The standard InChI is InChI=1S/C15H14ClN3S2/c1-9-13(14-12(21-9)8-17-15(16)18-14)10-6-4-5-7-11(10)19(2)20-3/h4-8H,1-3H3. The third kappa shape index (κ3) is 2.61. The summed E-state index contributed by atoms with van der Waals surface area (Å²) in [7, 11) is 2.06. The number of aromatic nitrogens is 2. The van der Waals surface area contributed by atoms with Crippen molar-refractivity contribution in [2.24, 2.45) is 0 Å². The Morgan fingerprint density at radius 1 is 1.29 bits per heavy atom. The minimum absolute atomic E-state index is 0.289. The number of fused-ring (bicyclic) bond motifs is 1. The Morgan fingerprint density at radius 2 is 2.05 bits per heavy atom. The van der Waals surface area contributed by atoms with E-state index >= 15 is 0 Å². The fraction of sp³-hybridized carbons (Fsp3) is 0.200. The van der Waals surface area contributed by atoms with Crippen LogP contribution in [0.15, 0.2) is 30.5 Å². The molecule has 0 saturated carbocycles. The molecule has 0 aliphatic rings. The Balaban J connectivity index is 2.30. The summed E-state index contributed by atoms with van der Waals surface area (Å²) in [5, 5.41) is 0.289. The van der Waals surface area contributed by atoms with E-state index in [0.717, 1.165) is 15.8 Å². The molecule has 21 heavy (non-hydrogen) atoms. The van der Waals surface area contributed by atoms with Gasteiger partial charge < -0.3 is 4.31 Å². The molecular formula is C15H14ClN3S2. The van der Waals surface area contributed by atoms with E-state index in [1.54, 1.807) is 29.5 Å². The molecule has 0 radical (unpaired) electrons. The number of hydrogen-bond acceptors (Lipinski definition) is 5. The van der Waals surface area contributed by atoms with Crippen LogP contribution in [0.2, 0.25) is 5.28 Å². The SMILES string of the molecule is CSN(C)c1ccccc1-c1c(C)sc2cnc(Cl)nc12. The van der Waals surface area contributed by atoms with Gasteiger partial charge in [-0.15, -0.1) is 11.3 Å². The molecule has 0 atom stereocenters. The third-order valence-electron chi connectivity index (χ3n) is 3.36.